The molecule has 11 nitrogen and oxygen atoms in total. The molecule has 0 bridgehead atoms. The van der Waals surface area contributed by atoms with Gasteiger partial charge < -0.3 is 33.5 Å². The predicted octanol–water partition coefficient (Wildman–Crippen LogP) is 4.23. The molecule has 266 valence electrons. The first kappa shape index (κ1) is 35.1. The van der Waals surface area contributed by atoms with E-state index in [1.807, 2.05) is 13.0 Å². The summed E-state index contributed by atoms with van der Waals surface area (Å²) < 4.78 is 36.2. The number of ether oxygens (including phenoxy) is 6. The summed E-state index contributed by atoms with van der Waals surface area (Å²) in [7, 11) is 1.26. The van der Waals surface area contributed by atoms with Gasteiger partial charge in [-0.15, -0.1) is 0 Å². The minimum atomic E-state index is -1.69. The number of rotatable bonds is 6. The van der Waals surface area contributed by atoms with Gasteiger partial charge in [0.25, 0.3) is 0 Å². The molecule has 4 saturated carbocycles. The number of carbonyl (C=O) groups excluding carboxylic acids is 4. The molecular weight excluding hydrogens is 620 g/mol. The molecule has 2 aliphatic heterocycles. The van der Waals surface area contributed by atoms with Gasteiger partial charge in [0.15, 0.2) is 6.10 Å². The Morgan fingerprint density at radius 2 is 1.69 bits per heavy atom. The molecule has 0 aromatic heterocycles. The third-order valence-corrected chi connectivity index (χ3v) is 14.1. The van der Waals surface area contributed by atoms with E-state index in [1.54, 1.807) is 13.8 Å². The van der Waals surface area contributed by atoms with Gasteiger partial charge in [-0.1, -0.05) is 39.5 Å². The van der Waals surface area contributed by atoms with Crippen molar-refractivity contribution in [3.63, 3.8) is 0 Å². The fourth-order valence-electron chi connectivity index (χ4n) is 12.0. The topological polar surface area (TPSA) is 147 Å². The summed E-state index contributed by atoms with van der Waals surface area (Å²) in [6.45, 7) is 17.5. The summed E-state index contributed by atoms with van der Waals surface area (Å²) in [5, 5.41) is 13.4. The lowest BCUT2D eigenvalue weighted by molar-refractivity contribution is -0.336. The summed E-state index contributed by atoms with van der Waals surface area (Å²) in [6.07, 6.45) is 3.66. The van der Waals surface area contributed by atoms with E-state index < -0.39 is 81.1 Å². The molecule has 2 heterocycles. The summed E-state index contributed by atoms with van der Waals surface area (Å²) in [5.41, 5.74) is -6.21. The van der Waals surface area contributed by atoms with Crippen molar-refractivity contribution >= 4 is 23.9 Å². The van der Waals surface area contributed by atoms with Crippen molar-refractivity contribution in [3.8, 4) is 0 Å². The van der Waals surface area contributed by atoms with E-state index in [1.165, 1.54) is 21.0 Å². The van der Waals surface area contributed by atoms with Crippen molar-refractivity contribution < 1.29 is 52.7 Å². The third-order valence-electron chi connectivity index (χ3n) is 14.1. The normalized spacial score (nSPS) is 47.7. The van der Waals surface area contributed by atoms with Crippen molar-refractivity contribution in [2.45, 2.75) is 123 Å². The monoisotopic (exact) mass is 672 g/mol. The van der Waals surface area contributed by atoms with E-state index >= 15 is 0 Å². The quantitative estimate of drug-likeness (QED) is 0.187. The smallest absolute Gasteiger partial charge is 0.342 e. The molecule has 1 N–H and O–H groups in total. The second-order valence-corrected chi connectivity index (χ2v) is 15.9. The number of epoxide rings is 1. The Balaban J connectivity index is 1.55. The maximum absolute atomic E-state index is 13.7. The van der Waals surface area contributed by atoms with Gasteiger partial charge >= 0.3 is 23.9 Å². The van der Waals surface area contributed by atoms with Crippen LogP contribution < -0.4 is 0 Å². The molecule has 6 aliphatic rings. The molecule has 0 radical (unpaired) electrons. The van der Waals surface area contributed by atoms with Crippen LogP contribution in [0, 0.1) is 39.4 Å². The van der Waals surface area contributed by atoms with Gasteiger partial charge in [-0.25, -0.2) is 4.79 Å². The van der Waals surface area contributed by atoms with Crippen LogP contribution in [0.1, 0.15) is 87.0 Å². The van der Waals surface area contributed by atoms with E-state index in [-0.39, 0.29) is 30.6 Å². The Bertz CT molecular complexity index is 1440. The molecule has 4 aliphatic carbocycles. The molecule has 13 atom stereocenters. The fraction of sp³-hybridized carbons (Fsp3) is 0.784. The lowest BCUT2D eigenvalue weighted by atomic mass is 9.32. The molecule has 48 heavy (non-hydrogen) atoms. The van der Waals surface area contributed by atoms with Gasteiger partial charge in [-0.3, -0.25) is 14.4 Å². The molecule has 6 rings (SSSR count). The van der Waals surface area contributed by atoms with Crippen LogP contribution in [0.15, 0.2) is 24.3 Å². The van der Waals surface area contributed by atoms with Gasteiger partial charge in [0.1, 0.15) is 18.3 Å². The van der Waals surface area contributed by atoms with Crippen LogP contribution >= 0.6 is 0 Å². The third kappa shape index (κ3) is 4.28. The van der Waals surface area contributed by atoms with E-state index in [0.29, 0.717) is 44.5 Å². The zero-order valence-electron chi connectivity index (χ0n) is 29.6. The number of hydrogen-bond donors (Lipinski definition) is 1. The van der Waals surface area contributed by atoms with Gasteiger partial charge in [0.2, 0.25) is 5.60 Å². The Morgan fingerprint density at radius 1 is 1.04 bits per heavy atom. The first-order chi connectivity index (χ1) is 22.5. The highest BCUT2D eigenvalue weighted by Crippen LogP contribution is 2.78. The molecule has 0 aromatic rings. The Hall–Kier alpha value is -2.76. The average molecular weight is 673 g/mol. The Morgan fingerprint density at radius 3 is 2.31 bits per heavy atom. The SMILES string of the molecule is C=C1C[C@@]2(O)C3CC[C@]4(C)C(CC[C@@]5(C(C)OC(=O)CC)COCC=C[C@H]54)[C@@]3(C)[C@H](OC(C)=O)[C@H](OC(C)=O)[C@@]2(C)[C@]2(C(=O)OC)O[C@H]12. The van der Waals surface area contributed by atoms with Crippen LogP contribution in [-0.2, 0) is 47.6 Å². The fourth-order valence-corrected chi connectivity index (χ4v) is 12.0. The maximum atomic E-state index is 13.7. The average Bonchev–Trinajstić information content (AvgIpc) is 3.82. The second kappa shape index (κ2) is 11.4. The van der Waals surface area contributed by atoms with Gasteiger partial charge in [-0.05, 0) is 68.3 Å². The zero-order chi connectivity index (χ0) is 35.2. The van der Waals surface area contributed by atoms with Crippen LogP contribution in [0.25, 0.3) is 0 Å². The van der Waals surface area contributed by atoms with Crippen molar-refractivity contribution in [2.24, 2.45) is 39.4 Å². The van der Waals surface area contributed by atoms with Crippen molar-refractivity contribution in [1.82, 2.24) is 0 Å². The minimum Gasteiger partial charge on any atom is -0.467 e. The Labute approximate surface area is 283 Å². The number of fused-ring (bicyclic) bond motifs is 9. The summed E-state index contributed by atoms with van der Waals surface area (Å²) in [5.74, 6) is -2.92. The molecule has 0 spiro atoms. The number of aliphatic hydroxyl groups is 1. The standard InChI is InChI=1S/C37H52O11/c1-10-27(40)45-21(3)35-16-14-24-32(6,25(35)12-11-17-44-19-35)15-13-26-33(24,7)29(46-22(4)38)30(47-23(5)39)34(8)36(26,42)18-20(2)28-37(34,48-28)31(41)43-9/h11-12,21,24-26,28-30,42H,2,10,13-19H2,1,3-9H3/t21?,24?,25-,26?,28+,29+,30-,32+,33+,34+,35-,36+,37-/m0/s1. The van der Waals surface area contributed by atoms with E-state index in [4.69, 9.17) is 28.4 Å². The molecule has 1 saturated heterocycles. The van der Waals surface area contributed by atoms with E-state index in [9.17, 15) is 24.3 Å². The highest BCUT2D eigenvalue weighted by atomic mass is 16.7. The Kier molecular flexibility index (Phi) is 8.32. The second-order valence-electron chi connectivity index (χ2n) is 15.9. The number of hydrogen-bond acceptors (Lipinski definition) is 11. The zero-order valence-corrected chi connectivity index (χ0v) is 29.6. The molecular formula is C37H52O11. The number of esters is 4. The maximum Gasteiger partial charge on any atom is 0.342 e. The van der Waals surface area contributed by atoms with Gasteiger partial charge in [0, 0.05) is 37.5 Å². The van der Waals surface area contributed by atoms with Crippen LogP contribution in [0.3, 0.4) is 0 Å². The van der Waals surface area contributed by atoms with Crippen LogP contribution in [0.4, 0.5) is 0 Å². The summed E-state index contributed by atoms with van der Waals surface area (Å²) in [4.78, 5) is 52.4. The lowest BCUT2D eigenvalue weighted by Crippen LogP contribution is -2.82. The van der Waals surface area contributed by atoms with Crippen molar-refractivity contribution in [3.05, 3.63) is 24.3 Å². The number of methoxy groups -OCH3 is 1. The summed E-state index contributed by atoms with van der Waals surface area (Å²) in [6, 6.07) is 0. The number of carbonyl (C=O) groups is 4. The molecule has 0 aromatic carbocycles. The van der Waals surface area contributed by atoms with Crippen LogP contribution in [-0.4, -0.2) is 84.9 Å². The lowest BCUT2D eigenvalue weighted by Gasteiger charge is -2.73. The molecule has 0 amide bonds. The van der Waals surface area contributed by atoms with Gasteiger partial charge in [-0.2, -0.15) is 0 Å². The summed E-state index contributed by atoms with van der Waals surface area (Å²) >= 11 is 0. The van der Waals surface area contributed by atoms with E-state index in [0.717, 1.165) is 0 Å². The largest absolute Gasteiger partial charge is 0.467 e. The van der Waals surface area contributed by atoms with Crippen molar-refractivity contribution in [2.75, 3.05) is 20.3 Å². The van der Waals surface area contributed by atoms with Crippen molar-refractivity contribution in [1.29, 1.82) is 0 Å². The van der Waals surface area contributed by atoms with E-state index in [2.05, 4.69) is 26.5 Å². The highest BCUT2D eigenvalue weighted by Gasteiger charge is 2.90. The molecule has 11 heteroatoms. The molecule has 3 unspecified atom stereocenters. The number of allylic oxidation sites excluding steroid dienone is 1. The first-order valence-corrected chi connectivity index (χ1v) is 17.4. The van der Waals surface area contributed by atoms with Gasteiger partial charge in [0.05, 0.1) is 31.3 Å². The van der Waals surface area contributed by atoms with Crippen LogP contribution in [0.5, 0.6) is 0 Å². The van der Waals surface area contributed by atoms with Crippen LogP contribution in [0.2, 0.25) is 0 Å². The molecule has 5 fully saturated rings. The first-order valence-electron chi connectivity index (χ1n) is 17.4. The predicted molar refractivity (Wildman–Crippen MR) is 171 cm³/mol. The minimum absolute atomic E-state index is 0.0873. The highest BCUT2D eigenvalue weighted by molar-refractivity contribution is 5.87.